The zero-order valence-corrected chi connectivity index (χ0v) is 11.0. The highest BCUT2D eigenvalue weighted by atomic mass is 16.2. The van der Waals surface area contributed by atoms with Crippen molar-refractivity contribution in [2.75, 3.05) is 13.1 Å². The molecule has 0 aliphatic rings. The normalized spacial score (nSPS) is 10.7. The van der Waals surface area contributed by atoms with Crippen molar-refractivity contribution < 1.29 is 9.59 Å². The Morgan fingerprint density at radius 2 is 1.75 bits per heavy atom. The molecule has 0 aromatic carbocycles. The van der Waals surface area contributed by atoms with Crippen LogP contribution in [0.4, 0.5) is 0 Å². The van der Waals surface area contributed by atoms with Crippen molar-refractivity contribution in [3.63, 3.8) is 0 Å². The SMILES string of the molecule is CC(=O)N(CC(=O)NCCC(C)C)C(C)C. The summed E-state index contributed by atoms with van der Waals surface area (Å²) in [7, 11) is 0. The lowest BCUT2D eigenvalue weighted by Crippen LogP contribution is -2.43. The summed E-state index contributed by atoms with van der Waals surface area (Å²) in [6.07, 6.45) is 0.966. The van der Waals surface area contributed by atoms with Crippen molar-refractivity contribution in [3.8, 4) is 0 Å². The molecule has 0 aromatic heterocycles. The summed E-state index contributed by atoms with van der Waals surface area (Å²) in [6, 6.07) is 0.0633. The summed E-state index contributed by atoms with van der Waals surface area (Å²) in [6.45, 7) is 10.4. The van der Waals surface area contributed by atoms with E-state index in [-0.39, 0.29) is 24.4 Å². The molecular weight excluding hydrogens is 204 g/mol. The van der Waals surface area contributed by atoms with Gasteiger partial charge in [0.15, 0.2) is 0 Å². The first-order chi connectivity index (χ1) is 7.34. The van der Waals surface area contributed by atoms with Gasteiger partial charge < -0.3 is 10.2 Å². The summed E-state index contributed by atoms with van der Waals surface area (Å²) in [5.74, 6) is 0.438. The molecular formula is C12H24N2O2. The molecule has 0 bridgehead atoms. The topological polar surface area (TPSA) is 49.4 Å². The van der Waals surface area contributed by atoms with Crippen LogP contribution in [0.3, 0.4) is 0 Å². The zero-order valence-electron chi connectivity index (χ0n) is 11.0. The Kier molecular flexibility index (Phi) is 6.77. The molecule has 4 heteroatoms. The van der Waals surface area contributed by atoms with E-state index in [1.807, 2.05) is 13.8 Å². The number of rotatable bonds is 6. The van der Waals surface area contributed by atoms with Crippen LogP contribution in [0.1, 0.15) is 41.0 Å². The van der Waals surface area contributed by atoms with Gasteiger partial charge in [0.1, 0.15) is 0 Å². The van der Waals surface area contributed by atoms with Crippen LogP contribution < -0.4 is 5.32 Å². The van der Waals surface area contributed by atoms with Gasteiger partial charge in [0.25, 0.3) is 0 Å². The Morgan fingerprint density at radius 1 is 1.19 bits per heavy atom. The highest BCUT2D eigenvalue weighted by molar-refractivity contribution is 5.83. The van der Waals surface area contributed by atoms with Crippen molar-refractivity contribution in [1.82, 2.24) is 10.2 Å². The van der Waals surface area contributed by atoms with Crippen LogP contribution in [-0.4, -0.2) is 35.8 Å². The van der Waals surface area contributed by atoms with Crippen LogP contribution in [0.5, 0.6) is 0 Å². The van der Waals surface area contributed by atoms with Gasteiger partial charge in [-0.05, 0) is 26.2 Å². The van der Waals surface area contributed by atoms with Crippen molar-refractivity contribution in [3.05, 3.63) is 0 Å². The molecule has 0 fully saturated rings. The lowest BCUT2D eigenvalue weighted by atomic mass is 10.1. The van der Waals surface area contributed by atoms with Gasteiger partial charge in [-0.15, -0.1) is 0 Å². The molecule has 0 aliphatic heterocycles. The summed E-state index contributed by atoms with van der Waals surface area (Å²) >= 11 is 0. The second kappa shape index (κ2) is 7.25. The summed E-state index contributed by atoms with van der Waals surface area (Å²) in [5, 5.41) is 2.82. The maximum atomic E-state index is 11.5. The van der Waals surface area contributed by atoms with Crippen molar-refractivity contribution >= 4 is 11.8 Å². The predicted octanol–water partition coefficient (Wildman–Crippen LogP) is 1.41. The molecule has 94 valence electrons. The molecule has 0 rings (SSSR count). The molecule has 1 N–H and O–H groups in total. The van der Waals surface area contributed by atoms with Gasteiger partial charge in [-0.1, -0.05) is 13.8 Å². The standard InChI is InChI=1S/C12H24N2O2/c1-9(2)6-7-13-12(16)8-14(10(3)4)11(5)15/h9-10H,6-8H2,1-5H3,(H,13,16). The lowest BCUT2D eigenvalue weighted by Gasteiger charge is -2.24. The monoisotopic (exact) mass is 228 g/mol. The van der Waals surface area contributed by atoms with E-state index in [1.54, 1.807) is 4.90 Å². The number of amides is 2. The average molecular weight is 228 g/mol. The minimum Gasteiger partial charge on any atom is -0.355 e. The van der Waals surface area contributed by atoms with Gasteiger partial charge in [0.2, 0.25) is 11.8 Å². The quantitative estimate of drug-likeness (QED) is 0.747. The first-order valence-electron chi connectivity index (χ1n) is 5.88. The van der Waals surface area contributed by atoms with Crippen LogP contribution in [0.15, 0.2) is 0 Å². The second-order valence-corrected chi connectivity index (χ2v) is 4.77. The van der Waals surface area contributed by atoms with E-state index < -0.39 is 0 Å². The van der Waals surface area contributed by atoms with E-state index in [9.17, 15) is 9.59 Å². The molecule has 0 atom stereocenters. The third-order valence-corrected chi connectivity index (χ3v) is 2.39. The molecule has 0 saturated heterocycles. The molecule has 0 radical (unpaired) electrons. The maximum Gasteiger partial charge on any atom is 0.239 e. The van der Waals surface area contributed by atoms with Crippen LogP contribution in [0, 0.1) is 5.92 Å². The highest BCUT2D eigenvalue weighted by Crippen LogP contribution is 1.99. The number of hydrogen-bond acceptors (Lipinski definition) is 2. The summed E-state index contributed by atoms with van der Waals surface area (Å²) in [5.41, 5.74) is 0. The minimum atomic E-state index is -0.0791. The van der Waals surface area contributed by atoms with Gasteiger partial charge in [-0.25, -0.2) is 0 Å². The lowest BCUT2D eigenvalue weighted by molar-refractivity contribution is -0.135. The van der Waals surface area contributed by atoms with Crippen LogP contribution in [0.25, 0.3) is 0 Å². The molecule has 16 heavy (non-hydrogen) atoms. The fraction of sp³-hybridized carbons (Fsp3) is 0.833. The third kappa shape index (κ3) is 6.43. The fourth-order valence-electron chi connectivity index (χ4n) is 1.37. The Balaban J connectivity index is 3.97. The Hall–Kier alpha value is -1.06. The second-order valence-electron chi connectivity index (χ2n) is 4.77. The van der Waals surface area contributed by atoms with Crippen molar-refractivity contribution in [1.29, 1.82) is 0 Å². The number of carbonyl (C=O) groups is 2. The maximum absolute atomic E-state index is 11.5. The van der Waals surface area contributed by atoms with E-state index in [4.69, 9.17) is 0 Å². The van der Waals surface area contributed by atoms with Crippen molar-refractivity contribution in [2.45, 2.75) is 47.1 Å². The Bertz CT molecular complexity index is 237. The number of hydrogen-bond donors (Lipinski definition) is 1. The van der Waals surface area contributed by atoms with Crippen LogP contribution >= 0.6 is 0 Å². The fourth-order valence-corrected chi connectivity index (χ4v) is 1.37. The van der Waals surface area contributed by atoms with Crippen molar-refractivity contribution in [2.24, 2.45) is 5.92 Å². The molecule has 0 aromatic rings. The van der Waals surface area contributed by atoms with E-state index in [2.05, 4.69) is 19.2 Å². The van der Waals surface area contributed by atoms with Crippen LogP contribution in [-0.2, 0) is 9.59 Å². The molecule has 0 saturated carbocycles. The molecule has 0 spiro atoms. The number of nitrogens with one attached hydrogen (secondary N) is 1. The van der Waals surface area contributed by atoms with Gasteiger partial charge in [-0.2, -0.15) is 0 Å². The van der Waals surface area contributed by atoms with Gasteiger partial charge >= 0.3 is 0 Å². The molecule has 0 heterocycles. The summed E-state index contributed by atoms with van der Waals surface area (Å²) < 4.78 is 0. The van der Waals surface area contributed by atoms with E-state index >= 15 is 0 Å². The largest absolute Gasteiger partial charge is 0.355 e. The third-order valence-electron chi connectivity index (χ3n) is 2.39. The highest BCUT2D eigenvalue weighted by Gasteiger charge is 2.16. The van der Waals surface area contributed by atoms with Gasteiger partial charge in [-0.3, -0.25) is 9.59 Å². The predicted molar refractivity (Wildman–Crippen MR) is 65.0 cm³/mol. The summed E-state index contributed by atoms with van der Waals surface area (Å²) in [4.78, 5) is 24.3. The Morgan fingerprint density at radius 3 is 2.12 bits per heavy atom. The van der Waals surface area contributed by atoms with Gasteiger partial charge in [0, 0.05) is 19.5 Å². The molecule has 2 amide bonds. The van der Waals surface area contributed by atoms with Crippen LogP contribution in [0.2, 0.25) is 0 Å². The zero-order chi connectivity index (χ0) is 12.7. The first kappa shape index (κ1) is 14.9. The van der Waals surface area contributed by atoms with E-state index in [0.717, 1.165) is 6.42 Å². The Labute approximate surface area is 98.4 Å². The smallest absolute Gasteiger partial charge is 0.239 e. The minimum absolute atomic E-state index is 0.0611. The molecule has 0 aliphatic carbocycles. The van der Waals surface area contributed by atoms with Gasteiger partial charge in [0.05, 0.1) is 6.54 Å². The average Bonchev–Trinajstić information content (AvgIpc) is 2.12. The van der Waals surface area contributed by atoms with E-state index in [0.29, 0.717) is 12.5 Å². The van der Waals surface area contributed by atoms with E-state index in [1.165, 1.54) is 6.92 Å². The number of carbonyl (C=O) groups excluding carboxylic acids is 2. The number of nitrogens with zero attached hydrogens (tertiary/aromatic N) is 1. The molecule has 0 unspecified atom stereocenters. The molecule has 4 nitrogen and oxygen atoms in total. The first-order valence-corrected chi connectivity index (χ1v) is 5.88.